The molecule has 0 atom stereocenters. The number of anilines is 1. The monoisotopic (exact) mass is 272 g/mol. The molecule has 4 heteroatoms. The summed E-state index contributed by atoms with van der Waals surface area (Å²) in [4.78, 5) is 0.413. The topological polar surface area (TPSA) is 38.0 Å². The molecule has 14 heavy (non-hydrogen) atoms. The van der Waals surface area contributed by atoms with Crippen molar-refractivity contribution >= 4 is 38.8 Å². The van der Waals surface area contributed by atoms with E-state index in [4.69, 9.17) is 18.0 Å². The van der Waals surface area contributed by atoms with Crippen molar-refractivity contribution in [2.24, 2.45) is 5.73 Å². The standard InChI is InChI=1S/C10H13BrN2S/c1-2-6-13-8-5-3-4-7(11)9(8)10(12)14/h3-5,13H,2,6H2,1H3,(H2,12,14). The molecule has 0 aliphatic heterocycles. The van der Waals surface area contributed by atoms with Gasteiger partial charge in [-0.15, -0.1) is 0 Å². The van der Waals surface area contributed by atoms with Crippen LogP contribution in [0.1, 0.15) is 18.9 Å². The van der Waals surface area contributed by atoms with Crippen LogP contribution in [0, 0.1) is 0 Å². The lowest BCUT2D eigenvalue weighted by atomic mass is 10.1. The van der Waals surface area contributed by atoms with Crippen LogP contribution >= 0.6 is 28.1 Å². The van der Waals surface area contributed by atoms with E-state index in [2.05, 4.69) is 28.2 Å². The van der Waals surface area contributed by atoms with E-state index in [9.17, 15) is 0 Å². The number of rotatable bonds is 4. The highest BCUT2D eigenvalue weighted by atomic mass is 79.9. The number of thiocarbonyl (C=S) groups is 1. The Bertz CT molecular complexity index is 339. The van der Waals surface area contributed by atoms with Gasteiger partial charge >= 0.3 is 0 Å². The molecule has 1 rings (SSSR count). The molecule has 1 aromatic carbocycles. The van der Waals surface area contributed by atoms with E-state index in [0.717, 1.165) is 28.7 Å². The van der Waals surface area contributed by atoms with E-state index < -0.39 is 0 Å². The number of nitrogens with one attached hydrogen (secondary N) is 1. The summed E-state index contributed by atoms with van der Waals surface area (Å²) in [5.41, 5.74) is 7.53. The van der Waals surface area contributed by atoms with Crippen molar-refractivity contribution in [2.45, 2.75) is 13.3 Å². The van der Waals surface area contributed by atoms with Crippen molar-refractivity contribution in [2.75, 3.05) is 11.9 Å². The number of benzene rings is 1. The second kappa shape index (κ2) is 5.32. The fourth-order valence-corrected chi connectivity index (χ4v) is 2.11. The number of hydrogen-bond acceptors (Lipinski definition) is 2. The molecule has 0 heterocycles. The molecule has 0 spiro atoms. The van der Waals surface area contributed by atoms with Crippen LogP contribution in [0.2, 0.25) is 0 Å². The summed E-state index contributed by atoms with van der Waals surface area (Å²) >= 11 is 8.43. The highest BCUT2D eigenvalue weighted by Crippen LogP contribution is 2.24. The van der Waals surface area contributed by atoms with Crippen LogP contribution in [-0.4, -0.2) is 11.5 Å². The van der Waals surface area contributed by atoms with Crippen LogP contribution in [0.4, 0.5) is 5.69 Å². The van der Waals surface area contributed by atoms with Gasteiger partial charge in [0.2, 0.25) is 0 Å². The van der Waals surface area contributed by atoms with Crippen molar-refractivity contribution in [1.82, 2.24) is 0 Å². The average Bonchev–Trinajstić information content (AvgIpc) is 2.14. The molecule has 0 aliphatic carbocycles. The van der Waals surface area contributed by atoms with E-state index in [1.165, 1.54) is 0 Å². The minimum Gasteiger partial charge on any atom is -0.389 e. The molecule has 3 N–H and O–H groups in total. The predicted molar refractivity (Wildman–Crippen MR) is 68.8 cm³/mol. The molecule has 2 nitrogen and oxygen atoms in total. The smallest absolute Gasteiger partial charge is 0.107 e. The summed E-state index contributed by atoms with van der Waals surface area (Å²) in [6.45, 7) is 3.04. The van der Waals surface area contributed by atoms with Crippen LogP contribution in [-0.2, 0) is 0 Å². The second-order valence-corrected chi connectivity index (χ2v) is 4.25. The first kappa shape index (κ1) is 11.5. The second-order valence-electron chi connectivity index (χ2n) is 2.95. The van der Waals surface area contributed by atoms with Crippen LogP contribution in [0.3, 0.4) is 0 Å². The Labute approximate surface area is 98.0 Å². The predicted octanol–water partition coefficient (Wildman–Crippen LogP) is 2.91. The van der Waals surface area contributed by atoms with E-state index in [1.807, 2.05) is 18.2 Å². The summed E-state index contributed by atoms with van der Waals surface area (Å²) in [6.07, 6.45) is 1.07. The molecule has 0 fully saturated rings. The quantitative estimate of drug-likeness (QED) is 0.828. The molecule has 0 aliphatic rings. The minimum absolute atomic E-state index is 0.413. The molecule has 0 aromatic heterocycles. The van der Waals surface area contributed by atoms with Crippen LogP contribution < -0.4 is 11.1 Å². The van der Waals surface area contributed by atoms with Gasteiger partial charge in [0, 0.05) is 22.3 Å². The Balaban J connectivity index is 3.02. The zero-order chi connectivity index (χ0) is 10.6. The minimum atomic E-state index is 0.413. The van der Waals surface area contributed by atoms with Gasteiger partial charge < -0.3 is 11.1 Å². The molecule has 0 saturated heterocycles. The third kappa shape index (κ3) is 2.69. The zero-order valence-electron chi connectivity index (χ0n) is 8.01. The number of halogens is 1. The Kier molecular flexibility index (Phi) is 4.35. The Morgan fingerprint density at radius 2 is 2.29 bits per heavy atom. The first-order valence-electron chi connectivity index (χ1n) is 4.49. The molecule has 0 unspecified atom stereocenters. The Hall–Kier alpha value is -0.610. The van der Waals surface area contributed by atoms with Gasteiger partial charge in [0.1, 0.15) is 4.99 Å². The third-order valence-electron chi connectivity index (χ3n) is 1.83. The van der Waals surface area contributed by atoms with Gasteiger partial charge in [-0.25, -0.2) is 0 Å². The fraction of sp³-hybridized carbons (Fsp3) is 0.300. The van der Waals surface area contributed by atoms with Gasteiger partial charge in [-0.1, -0.05) is 25.2 Å². The lowest BCUT2D eigenvalue weighted by molar-refractivity contribution is 0.979. The van der Waals surface area contributed by atoms with E-state index >= 15 is 0 Å². The van der Waals surface area contributed by atoms with Crippen LogP contribution in [0.15, 0.2) is 22.7 Å². The fourth-order valence-electron chi connectivity index (χ4n) is 1.18. The molecule has 76 valence electrons. The third-order valence-corrected chi connectivity index (χ3v) is 2.69. The maximum atomic E-state index is 5.65. The first-order valence-corrected chi connectivity index (χ1v) is 5.69. The maximum absolute atomic E-state index is 5.65. The largest absolute Gasteiger partial charge is 0.389 e. The van der Waals surface area contributed by atoms with E-state index in [1.54, 1.807) is 0 Å². The van der Waals surface area contributed by atoms with Crippen molar-refractivity contribution in [1.29, 1.82) is 0 Å². The highest BCUT2D eigenvalue weighted by Gasteiger charge is 2.07. The molecular weight excluding hydrogens is 260 g/mol. The molecule has 0 radical (unpaired) electrons. The SMILES string of the molecule is CCCNc1cccc(Br)c1C(N)=S. The summed E-state index contributed by atoms with van der Waals surface area (Å²) < 4.78 is 0.936. The zero-order valence-corrected chi connectivity index (χ0v) is 10.4. The van der Waals surface area contributed by atoms with Crippen molar-refractivity contribution in [3.8, 4) is 0 Å². The van der Waals surface area contributed by atoms with Gasteiger partial charge in [0.05, 0.1) is 0 Å². The molecule has 1 aromatic rings. The Morgan fingerprint density at radius 1 is 1.57 bits per heavy atom. The lowest BCUT2D eigenvalue weighted by Gasteiger charge is -2.11. The molecule has 0 saturated carbocycles. The summed E-state index contributed by atoms with van der Waals surface area (Å²) in [6, 6.07) is 5.88. The normalized spacial score (nSPS) is 9.86. The summed E-state index contributed by atoms with van der Waals surface area (Å²) in [7, 11) is 0. The average molecular weight is 273 g/mol. The Morgan fingerprint density at radius 3 is 2.86 bits per heavy atom. The molecule has 0 bridgehead atoms. The highest BCUT2D eigenvalue weighted by molar-refractivity contribution is 9.10. The van der Waals surface area contributed by atoms with Gasteiger partial charge in [-0.3, -0.25) is 0 Å². The maximum Gasteiger partial charge on any atom is 0.107 e. The molecule has 0 amide bonds. The van der Waals surface area contributed by atoms with E-state index in [0.29, 0.717) is 4.99 Å². The van der Waals surface area contributed by atoms with Crippen molar-refractivity contribution in [3.63, 3.8) is 0 Å². The van der Waals surface area contributed by atoms with Crippen molar-refractivity contribution in [3.05, 3.63) is 28.2 Å². The van der Waals surface area contributed by atoms with Gasteiger partial charge in [0.25, 0.3) is 0 Å². The van der Waals surface area contributed by atoms with Gasteiger partial charge in [-0.2, -0.15) is 0 Å². The number of nitrogens with two attached hydrogens (primary N) is 1. The first-order chi connectivity index (χ1) is 6.66. The summed E-state index contributed by atoms with van der Waals surface area (Å²) in [5.74, 6) is 0. The molecular formula is C10H13BrN2S. The number of hydrogen-bond donors (Lipinski definition) is 2. The lowest BCUT2D eigenvalue weighted by Crippen LogP contribution is -2.14. The van der Waals surface area contributed by atoms with Gasteiger partial charge in [0.15, 0.2) is 0 Å². The van der Waals surface area contributed by atoms with E-state index in [-0.39, 0.29) is 0 Å². The van der Waals surface area contributed by atoms with Crippen LogP contribution in [0.25, 0.3) is 0 Å². The van der Waals surface area contributed by atoms with Crippen molar-refractivity contribution < 1.29 is 0 Å². The van der Waals surface area contributed by atoms with Gasteiger partial charge in [-0.05, 0) is 34.5 Å². The summed E-state index contributed by atoms with van der Waals surface area (Å²) in [5, 5.41) is 3.29. The van der Waals surface area contributed by atoms with Crippen LogP contribution in [0.5, 0.6) is 0 Å².